The molecule has 0 aliphatic heterocycles. The van der Waals surface area contributed by atoms with Crippen molar-refractivity contribution >= 4 is 21.9 Å². The zero-order chi connectivity index (χ0) is 10.7. The van der Waals surface area contributed by atoms with Gasteiger partial charge in [-0.1, -0.05) is 6.07 Å². The Morgan fingerprint density at radius 1 is 1.50 bits per heavy atom. The van der Waals surface area contributed by atoms with E-state index >= 15 is 0 Å². The van der Waals surface area contributed by atoms with E-state index in [1.807, 2.05) is 26.0 Å². The second-order valence-electron chi connectivity index (χ2n) is 3.08. The van der Waals surface area contributed by atoms with E-state index in [1.165, 1.54) is 0 Å². The van der Waals surface area contributed by atoms with E-state index in [0.29, 0.717) is 5.75 Å². The third kappa shape index (κ3) is 2.73. The van der Waals surface area contributed by atoms with Crippen molar-refractivity contribution in [3.63, 3.8) is 0 Å². The number of aliphatic carboxylic acids is 1. The molecule has 0 fully saturated rings. The SMILES string of the molecule is Cc1cc(C)c(OCC(=O)O)c(Br)c1. The highest BCUT2D eigenvalue weighted by Gasteiger charge is 2.07. The average molecular weight is 259 g/mol. The van der Waals surface area contributed by atoms with E-state index in [9.17, 15) is 4.79 Å². The van der Waals surface area contributed by atoms with E-state index in [1.54, 1.807) is 0 Å². The lowest BCUT2D eigenvalue weighted by Crippen LogP contribution is -2.10. The standard InChI is InChI=1S/C10H11BrO3/c1-6-3-7(2)10(8(11)4-6)14-5-9(12)13/h3-4H,5H2,1-2H3,(H,12,13). The van der Waals surface area contributed by atoms with Crippen LogP contribution in [0.5, 0.6) is 5.75 Å². The molecule has 0 aliphatic carbocycles. The maximum absolute atomic E-state index is 10.3. The molecule has 0 radical (unpaired) electrons. The Morgan fingerprint density at radius 3 is 2.64 bits per heavy atom. The minimum atomic E-state index is -0.975. The fourth-order valence-corrected chi connectivity index (χ4v) is 2.01. The summed E-state index contributed by atoms with van der Waals surface area (Å²) >= 11 is 3.33. The Hall–Kier alpha value is -1.03. The second-order valence-corrected chi connectivity index (χ2v) is 3.93. The number of rotatable bonds is 3. The van der Waals surface area contributed by atoms with Gasteiger partial charge in [-0.15, -0.1) is 0 Å². The number of aryl methyl sites for hydroxylation is 2. The summed E-state index contributed by atoms with van der Waals surface area (Å²) in [5.41, 5.74) is 2.04. The third-order valence-electron chi connectivity index (χ3n) is 1.71. The normalized spacial score (nSPS) is 9.93. The van der Waals surface area contributed by atoms with Gasteiger partial charge in [0.2, 0.25) is 0 Å². The average Bonchev–Trinajstić information content (AvgIpc) is 2.01. The van der Waals surface area contributed by atoms with Gasteiger partial charge in [0.1, 0.15) is 5.75 Å². The first kappa shape index (κ1) is 11.0. The van der Waals surface area contributed by atoms with Crippen LogP contribution in [0, 0.1) is 13.8 Å². The molecule has 0 aliphatic rings. The van der Waals surface area contributed by atoms with Crippen LogP contribution >= 0.6 is 15.9 Å². The summed E-state index contributed by atoms with van der Waals surface area (Å²) in [6.45, 7) is 3.54. The van der Waals surface area contributed by atoms with Crippen molar-refractivity contribution < 1.29 is 14.6 Å². The van der Waals surface area contributed by atoms with Crippen molar-refractivity contribution in [1.82, 2.24) is 0 Å². The van der Waals surface area contributed by atoms with Gasteiger partial charge in [-0.05, 0) is 47.0 Å². The van der Waals surface area contributed by atoms with Gasteiger partial charge in [0, 0.05) is 0 Å². The molecule has 0 aromatic heterocycles. The molecule has 0 amide bonds. The molecule has 1 aromatic carbocycles. The molecular formula is C10H11BrO3. The van der Waals surface area contributed by atoms with Crippen molar-refractivity contribution in [1.29, 1.82) is 0 Å². The summed E-state index contributed by atoms with van der Waals surface area (Å²) in [6, 6.07) is 3.84. The molecule has 1 N–H and O–H groups in total. The van der Waals surface area contributed by atoms with Gasteiger partial charge in [0.15, 0.2) is 6.61 Å². The topological polar surface area (TPSA) is 46.5 Å². The Balaban J connectivity index is 2.91. The Bertz CT molecular complexity index is 337. The predicted octanol–water partition coefficient (Wildman–Crippen LogP) is 2.53. The molecule has 1 aromatic rings. The van der Waals surface area contributed by atoms with E-state index in [2.05, 4.69) is 15.9 Å². The summed E-state index contributed by atoms with van der Waals surface area (Å²) < 4.78 is 5.93. The van der Waals surface area contributed by atoms with E-state index in [-0.39, 0.29) is 6.61 Å². The minimum Gasteiger partial charge on any atom is -0.480 e. The highest BCUT2D eigenvalue weighted by Crippen LogP contribution is 2.29. The first-order valence-corrected chi connectivity index (χ1v) is 4.91. The van der Waals surface area contributed by atoms with Gasteiger partial charge in [0.05, 0.1) is 4.47 Å². The predicted molar refractivity (Wildman–Crippen MR) is 56.7 cm³/mol. The molecular weight excluding hydrogens is 248 g/mol. The summed E-state index contributed by atoms with van der Waals surface area (Å²) in [5, 5.41) is 8.47. The number of carbonyl (C=O) groups is 1. The lowest BCUT2D eigenvalue weighted by atomic mass is 10.1. The van der Waals surface area contributed by atoms with Gasteiger partial charge in [-0.3, -0.25) is 0 Å². The Labute approximate surface area is 90.8 Å². The van der Waals surface area contributed by atoms with Crippen LogP contribution in [0.4, 0.5) is 0 Å². The number of carboxylic acids is 1. The molecule has 0 saturated heterocycles. The van der Waals surface area contributed by atoms with Gasteiger partial charge >= 0.3 is 5.97 Å². The largest absolute Gasteiger partial charge is 0.480 e. The molecule has 0 spiro atoms. The summed E-state index contributed by atoms with van der Waals surface area (Å²) in [5.74, 6) is -0.380. The number of hydrogen-bond acceptors (Lipinski definition) is 2. The molecule has 4 heteroatoms. The summed E-state index contributed by atoms with van der Waals surface area (Å²) in [7, 11) is 0. The number of halogens is 1. The Morgan fingerprint density at radius 2 is 2.14 bits per heavy atom. The fourth-order valence-electron chi connectivity index (χ4n) is 1.22. The highest BCUT2D eigenvalue weighted by atomic mass is 79.9. The van der Waals surface area contributed by atoms with Crippen molar-refractivity contribution in [3.05, 3.63) is 27.7 Å². The van der Waals surface area contributed by atoms with Crippen LogP contribution < -0.4 is 4.74 Å². The molecule has 1 rings (SSSR count). The van der Waals surface area contributed by atoms with Gasteiger partial charge in [-0.25, -0.2) is 4.79 Å². The minimum absolute atomic E-state index is 0.317. The van der Waals surface area contributed by atoms with Crippen molar-refractivity contribution in [2.45, 2.75) is 13.8 Å². The van der Waals surface area contributed by atoms with E-state index in [0.717, 1.165) is 15.6 Å². The Kier molecular flexibility index (Phi) is 3.52. The highest BCUT2D eigenvalue weighted by molar-refractivity contribution is 9.10. The van der Waals surface area contributed by atoms with Gasteiger partial charge < -0.3 is 9.84 Å². The van der Waals surface area contributed by atoms with Crippen molar-refractivity contribution in [2.24, 2.45) is 0 Å². The summed E-state index contributed by atoms with van der Waals surface area (Å²) in [6.07, 6.45) is 0. The van der Waals surface area contributed by atoms with Crippen LogP contribution in [0.25, 0.3) is 0 Å². The number of ether oxygens (including phenoxy) is 1. The lowest BCUT2D eigenvalue weighted by molar-refractivity contribution is -0.139. The van der Waals surface area contributed by atoms with Crippen LogP contribution in [0.1, 0.15) is 11.1 Å². The molecule has 0 unspecified atom stereocenters. The smallest absolute Gasteiger partial charge is 0.341 e. The zero-order valence-electron chi connectivity index (χ0n) is 8.00. The maximum Gasteiger partial charge on any atom is 0.341 e. The first-order valence-electron chi connectivity index (χ1n) is 4.12. The number of carboxylic acid groups (broad SMARTS) is 1. The fraction of sp³-hybridized carbons (Fsp3) is 0.300. The van der Waals surface area contributed by atoms with E-state index < -0.39 is 5.97 Å². The van der Waals surface area contributed by atoms with Crippen molar-refractivity contribution in [2.75, 3.05) is 6.61 Å². The molecule has 14 heavy (non-hydrogen) atoms. The lowest BCUT2D eigenvalue weighted by Gasteiger charge is -2.10. The molecule has 0 atom stereocenters. The monoisotopic (exact) mass is 258 g/mol. The van der Waals surface area contributed by atoms with E-state index in [4.69, 9.17) is 9.84 Å². The first-order chi connectivity index (χ1) is 6.50. The second kappa shape index (κ2) is 4.46. The molecule has 76 valence electrons. The van der Waals surface area contributed by atoms with Gasteiger partial charge in [0.25, 0.3) is 0 Å². The summed E-state index contributed by atoms with van der Waals surface area (Å²) in [4.78, 5) is 10.3. The van der Waals surface area contributed by atoms with Crippen LogP contribution in [0.3, 0.4) is 0 Å². The number of hydrogen-bond donors (Lipinski definition) is 1. The zero-order valence-corrected chi connectivity index (χ0v) is 9.59. The van der Waals surface area contributed by atoms with Crippen molar-refractivity contribution in [3.8, 4) is 5.75 Å². The molecule has 0 bridgehead atoms. The molecule has 0 heterocycles. The van der Waals surface area contributed by atoms with Crippen LogP contribution in [0.2, 0.25) is 0 Å². The van der Waals surface area contributed by atoms with Crippen LogP contribution in [0.15, 0.2) is 16.6 Å². The molecule has 3 nitrogen and oxygen atoms in total. The van der Waals surface area contributed by atoms with Gasteiger partial charge in [-0.2, -0.15) is 0 Å². The maximum atomic E-state index is 10.3. The third-order valence-corrected chi connectivity index (χ3v) is 2.30. The van der Waals surface area contributed by atoms with Crippen LogP contribution in [-0.4, -0.2) is 17.7 Å². The van der Waals surface area contributed by atoms with Crippen LogP contribution in [-0.2, 0) is 4.79 Å². The molecule has 0 saturated carbocycles. The quantitative estimate of drug-likeness (QED) is 0.907. The number of benzene rings is 1.